The topological polar surface area (TPSA) is 109 Å². The van der Waals surface area contributed by atoms with E-state index in [0.717, 1.165) is 0 Å². The van der Waals surface area contributed by atoms with Gasteiger partial charge in [-0.25, -0.2) is 14.6 Å². The summed E-state index contributed by atoms with van der Waals surface area (Å²) >= 11 is 1.53. The summed E-state index contributed by atoms with van der Waals surface area (Å²) in [6.45, 7) is 0.154. The fraction of sp³-hybridized carbons (Fsp3) is 0.600. The van der Waals surface area contributed by atoms with E-state index in [9.17, 15) is 9.59 Å². The van der Waals surface area contributed by atoms with E-state index >= 15 is 0 Å². The second kappa shape index (κ2) is 7.62. The van der Waals surface area contributed by atoms with Crippen LogP contribution in [0.2, 0.25) is 0 Å². The third-order valence-electron chi connectivity index (χ3n) is 2.27. The van der Waals surface area contributed by atoms with Gasteiger partial charge in [-0.1, -0.05) is 0 Å². The molecular formula is C10H17N5O3S. The Balaban J connectivity index is 2.37. The van der Waals surface area contributed by atoms with Gasteiger partial charge in [0.05, 0.1) is 6.54 Å². The maximum absolute atomic E-state index is 11.5. The first kappa shape index (κ1) is 15.3. The number of thioether (sulfide) groups is 1. The van der Waals surface area contributed by atoms with Gasteiger partial charge in [0.15, 0.2) is 5.82 Å². The highest BCUT2D eigenvalue weighted by Crippen LogP contribution is 2.00. The number of nitrogens with zero attached hydrogens (tertiary/aromatic N) is 3. The normalized spacial score (nSPS) is 11.9. The number of aliphatic carboxylic acids is 1. The Morgan fingerprint density at radius 3 is 2.84 bits per heavy atom. The summed E-state index contributed by atoms with van der Waals surface area (Å²) in [5.41, 5.74) is 0. The van der Waals surface area contributed by atoms with Crippen molar-refractivity contribution in [3.05, 3.63) is 12.2 Å². The number of amides is 2. The zero-order valence-electron chi connectivity index (χ0n) is 10.8. The first-order valence-electron chi connectivity index (χ1n) is 5.63. The van der Waals surface area contributed by atoms with Gasteiger partial charge >= 0.3 is 12.0 Å². The highest BCUT2D eigenvalue weighted by molar-refractivity contribution is 7.98. The number of urea groups is 1. The number of rotatable bonds is 7. The largest absolute Gasteiger partial charge is 0.480 e. The van der Waals surface area contributed by atoms with Crippen LogP contribution in [0.1, 0.15) is 12.2 Å². The minimum atomic E-state index is -1.04. The summed E-state index contributed by atoms with van der Waals surface area (Å²) in [6.07, 6.45) is 3.78. The molecule has 0 saturated carbocycles. The molecule has 1 rings (SSSR count). The van der Waals surface area contributed by atoms with Crippen molar-refractivity contribution >= 4 is 23.8 Å². The molecule has 1 atom stereocenters. The summed E-state index contributed by atoms with van der Waals surface area (Å²) in [5.74, 6) is 0.0905. The maximum Gasteiger partial charge on any atom is 0.326 e. The Labute approximate surface area is 115 Å². The van der Waals surface area contributed by atoms with Gasteiger partial charge in [-0.05, 0) is 18.4 Å². The first-order chi connectivity index (χ1) is 9.02. The van der Waals surface area contributed by atoms with Crippen molar-refractivity contribution in [2.45, 2.75) is 19.0 Å². The number of carbonyl (C=O) groups excluding carboxylic acids is 1. The zero-order chi connectivity index (χ0) is 14.3. The van der Waals surface area contributed by atoms with Crippen LogP contribution < -0.4 is 10.6 Å². The molecular weight excluding hydrogens is 270 g/mol. The van der Waals surface area contributed by atoms with Crippen LogP contribution in [0, 0.1) is 0 Å². The van der Waals surface area contributed by atoms with Crippen LogP contribution in [-0.2, 0) is 18.4 Å². The molecule has 0 unspecified atom stereocenters. The molecule has 0 bridgehead atoms. The molecule has 0 fully saturated rings. The van der Waals surface area contributed by atoms with Gasteiger partial charge in [-0.15, -0.1) is 0 Å². The van der Waals surface area contributed by atoms with Crippen molar-refractivity contribution in [1.82, 2.24) is 25.4 Å². The van der Waals surface area contributed by atoms with Crippen molar-refractivity contribution in [3.8, 4) is 0 Å². The molecule has 0 aliphatic rings. The summed E-state index contributed by atoms with van der Waals surface area (Å²) in [7, 11) is 1.72. The van der Waals surface area contributed by atoms with E-state index in [4.69, 9.17) is 5.11 Å². The lowest BCUT2D eigenvalue weighted by atomic mass is 10.2. The van der Waals surface area contributed by atoms with E-state index < -0.39 is 18.0 Å². The predicted molar refractivity (Wildman–Crippen MR) is 70.8 cm³/mol. The average molecular weight is 287 g/mol. The van der Waals surface area contributed by atoms with Gasteiger partial charge < -0.3 is 15.7 Å². The summed E-state index contributed by atoms with van der Waals surface area (Å²) < 4.78 is 1.52. The van der Waals surface area contributed by atoms with Gasteiger partial charge in [0.25, 0.3) is 0 Å². The van der Waals surface area contributed by atoms with Crippen LogP contribution >= 0.6 is 11.8 Å². The molecule has 0 saturated heterocycles. The second-order valence-electron chi connectivity index (χ2n) is 3.83. The molecule has 0 radical (unpaired) electrons. The molecule has 19 heavy (non-hydrogen) atoms. The van der Waals surface area contributed by atoms with E-state index in [1.165, 1.54) is 22.8 Å². The molecule has 1 aromatic heterocycles. The molecule has 0 aliphatic heterocycles. The van der Waals surface area contributed by atoms with Crippen LogP contribution in [0.4, 0.5) is 4.79 Å². The van der Waals surface area contributed by atoms with Crippen LogP contribution in [-0.4, -0.2) is 49.9 Å². The van der Waals surface area contributed by atoms with Gasteiger partial charge in [0.2, 0.25) is 0 Å². The predicted octanol–water partition coefficient (Wildman–Crippen LogP) is -0.179. The molecule has 8 nitrogen and oxygen atoms in total. The molecule has 2 amide bonds. The Morgan fingerprint density at radius 1 is 1.58 bits per heavy atom. The lowest BCUT2D eigenvalue weighted by molar-refractivity contribution is -0.139. The van der Waals surface area contributed by atoms with Crippen molar-refractivity contribution < 1.29 is 14.7 Å². The van der Waals surface area contributed by atoms with Gasteiger partial charge in [0, 0.05) is 7.05 Å². The second-order valence-corrected chi connectivity index (χ2v) is 4.82. The van der Waals surface area contributed by atoms with Crippen LogP contribution in [0.5, 0.6) is 0 Å². The van der Waals surface area contributed by atoms with E-state index in [-0.39, 0.29) is 6.54 Å². The summed E-state index contributed by atoms with van der Waals surface area (Å²) in [5, 5.41) is 17.9. The smallest absolute Gasteiger partial charge is 0.326 e. The Bertz CT molecular complexity index is 437. The third-order valence-corrected chi connectivity index (χ3v) is 2.91. The van der Waals surface area contributed by atoms with Crippen LogP contribution in [0.15, 0.2) is 6.33 Å². The van der Waals surface area contributed by atoms with E-state index in [1.807, 2.05) is 6.26 Å². The van der Waals surface area contributed by atoms with Crippen molar-refractivity contribution in [2.75, 3.05) is 12.0 Å². The Morgan fingerprint density at radius 2 is 2.32 bits per heavy atom. The number of nitrogens with one attached hydrogen (secondary N) is 2. The maximum atomic E-state index is 11.5. The third kappa shape index (κ3) is 5.60. The molecule has 3 N–H and O–H groups in total. The van der Waals surface area contributed by atoms with Crippen molar-refractivity contribution in [1.29, 1.82) is 0 Å². The molecule has 106 valence electrons. The summed E-state index contributed by atoms with van der Waals surface area (Å²) in [6, 6.07) is -1.43. The van der Waals surface area contributed by atoms with E-state index in [0.29, 0.717) is 18.0 Å². The number of carboxylic acids is 1. The highest BCUT2D eigenvalue weighted by atomic mass is 32.2. The standard InChI is InChI=1S/C10H17N5O3S/c1-15-6-12-8(14-15)5-11-10(18)13-7(9(16)17)3-4-19-2/h6-7H,3-5H2,1-2H3,(H,16,17)(H2,11,13,18)/t7-/m1/s1. The fourth-order valence-electron chi connectivity index (χ4n) is 1.33. The number of hydrogen-bond acceptors (Lipinski definition) is 5. The van der Waals surface area contributed by atoms with Gasteiger partial charge in [-0.3, -0.25) is 4.68 Å². The molecule has 0 aliphatic carbocycles. The fourth-order valence-corrected chi connectivity index (χ4v) is 1.80. The Hall–Kier alpha value is -1.77. The highest BCUT2D eigenvalue weighted by Gasteiger charge is 2.19. The van der Waals surface area contributed by atoms with Crippen molar-refractivity contribution in [3.63, 3.8) is 0 Å². The first-order valence-corrected chi connectivity index (χ1v) is 7.03. The molecule has 0 aromatic carbocycles. The average Bonchev–Trinajstić information content (AvgIpc) is 2.77. The lowest BCUT2D eigenvalue weighted by Gasteiger charge is -2.14. The minimum Gasteiger partial charge on any atom is -0.480 e. The number of hydrogen-bond donors (Lipinski definition) is 3. The van der Waals surface area contributed by atoms with E-state index in [2.05, 4.69) is 20.7 Å². The monoisotopic (exact) mass is 287 g/mol. The van der Waals surface area contributed by atoms with Crippen LogP contribution in [0.25, 0.3) is 0 Å². The molecule has 9 heteroatoms. The minimum absolute atomic E-state index is 0.154. The zero-order valence-corrected chi connectivity index (χ0v) is 11.6. The van der Waals surface area contributed by atoms with Gasteiger partial charge in [0.1, 0.15) is 12.4 Å². The SMILES string of the molecule is CSCC[C@@H](NC(=O)NCc1ncn(C)n1)C(=O)O. The quantitative estimate of drug-likeness (QED) is 0.642. The number of carbonyl (C=O) groups is 2. The molecule has 0 spiro atoms. The molecule has 1 heterocycles. The number of aryl methyl sites for hydroxylation is 1. The number of aromatic nitrogens is 3. The summed E-state index contributed by atoms with van der Waals surface area (Å²) in [4.78, 5) is 26.4. The van der Waals surface area contributed by atoms with Crippen LogP contribution in [0.3, 0.4) is 0 Å². The number of carboxylic acid groups (broad SMARTS) is 1. The molecule has 1 aromatic rings. The van der Waals surface area contributed by atoms with Crippen molar-refractivity contribution in [2.24, 2.45) is 7.05 Å². The van der Waals surface area contributed by atoms with E-state index in [1.54, 1.807) is 7.05 Å². The van der Waals surface area contributed by atoms with Gasteiger partial charge in [-0.2, -0.15) is 16.9 Å². The Kier molecular flexibility index (Phi) is 6.13. The lowest BCUT2D eigenvalue weighted by Crippen LogP contribution is -2.46.